The number of hydrogen-bond donors (Lipinski definition) is 1. The number of aromatic hydroxyl groups is 1. The van der Waals surface area contributed by atoms with Gasteiger partial charge in [0.15, 0.2) is 0 Å². The van der Waals surface area contributed by atoms with Crippen molar-refractivity contribution in [3.05, 3.63) is 29.3 Å². The number of carbonyl (C=O) groups is 1. The number of rotatable bonds is 5. The fourth-order valence-electron chi connectivity index (χ4n) is 2.95. The van der Waals surface area contributed by atoms with E-state index >= 15 is 0 Å². The normalized spacial score (nSPS) is 22.9. The number of hydrogen-bond acceptors (Lipinski definition) is 3. The molecule has 1 aliphatic rings. The van der Waals surface area contributed by atoms with Gasteiger partial charge in [-0.05, 0) is 61.3 Å². The van der Waals surface area contributed by atoms with Crippen LogP contribution >= 0.6 is 0 Å². The molecule has 1 fully saturated rings. The first-order chi connectivity index (χ1) is 9.06. The highest BCUT2D eigenvalue weighted by Gasteiger charge is 2.44. The molecule has 3 unspecified atom stereocenters. The summed E-state index contributed by atoms with van der Waals surface area (Å²) in [6.07, 6.45) is 3.04. The predicted octanol–water partition coefficient (Wildman–Crippen LogP) is 3.39. The van der Waals surface area contributed by atoms with Crippen molar-refractivity contribution in [3.8, 4) is 5.75 Å². The molecule has 19 heavy (non-hydrogen) atoms. The van der Waals surface area contributed by atoms with E-state index in [1.165, 1.54) is 12.7 Å². The molecule has 1 aliphatic carbocycles. The molecule has 104 valence electrons. The molecule has 0 heterocycles. The minimum Gasteiger partial charge on any atom is -0.508 e. The second-order valence-electron chi connectivity index (χ2n) is 5.51. The van der Waals surface area contributed by atoms with Crippen molar-refractivity contribution >= 4 is 5.97 Å². The van der Waals surface area contributed by atoms with Gasteiger partial charge >= 0.3 is 5.97 Å². The molecule has 3 atom stereocenters. The summed E-state index contributed by atoms with van der Waals surface area (Å²) in [6.45, 7) is 4.20. The molecule has 3 heteroatoms. The number of carbonyl (C=O) groups excluding carboxylic acids is 1. The summed E-state index contributed by atoms with van der Waals surface area (Å²) < 4.78 is 4.79. The van der Waals surface area contributed by atoms with E-state index in [4.69, 9.17) is 4.74 Å². The molecule has 3 nitrogen and oxygen atoms in total. The van der Waals surface area contributed by atoms with Crippen LogP contribution in [0.3, 0.4) is 0 Å². The van der Waals surface area contributed by atoms with E-state index in [-0.39, 0.29) is 11.9 Å². The quantitative estimate of drug-likeness (QED) is 0.827. The number of benzene rings is 1. The van der Waals surface area contributed by atoms with Gasteiger partial charge in [0.05, 0.1) is 13.0 Å². The van der Waals surface area contributed by atoms with Crippen LogP contribution in [0.25, 0.3) is 0 Å². The second kappa shape index (κ2) is 5.64. The standard InChI is InChI=1S/C16H22O3/c1-4-11(8-12-9-15(12)16(18)19-3)14-6-5-13(17)7-10(14)2/h5-7,11-12,15,17H,4,8-9H2,1-3H3. The lowest BCUT2D eigenvalue weighted by Gasteiger charge is -2.18. The highest BCUT2D eigenvalue weighted by Crippen LogP contribution is 2.47. The van der Waals surface area contributed by atoms with Gasteiger partial charge in [-0.2, -0.15) is 0 Å². The van der Waals surface area contributed by atoms with Gasteiger partial charge in [-0.15, -0.1) is 0 Å². The topological polar surface area (TPSA) is 46.5 Å². The average molecular weight is 262 g/mol. The number of methoxy groups -OCH3 is 1. The number of phenolic OH excluding ortho intramolecular Hbond substituents is 1. The summed E-state index contributed by atoms with van der Waals surface area (Å²) in [7, 11) is 1.46. The van der Waals surface area contributed by atoms with Crippen LogP contribution in [0, 0.1) is 18.8 Å². The van der Waals surface area contributed by atoms with Crippen LogP contribution in [-0.4, -0.2) is 18.2 Å². The lowest BCUT2D eigenvalue weighted by molar-refractivity contribution is -0.142. The van der Waals surface area contributed by atoms with Crippen molar-refractivity contribution in [1.82, 2.24) is 0 Å². The second-order valence-corrected chi connectivity index (χ2v) is 5.51. The third kappa shape index (κ3) is 3.09. The fourth-order valence-corrected chi connectivity index (χ4v) is 2.95. The molecule has 1 aromatic rings. The Labute approximate surface area is 114 Å². The van der Waals surface area contributed by atoms with Crippen molar-refractivity contribution in [2.75, 3.05) is 7.11 Å². The van der Waals surface area contributed by atoms with Gasteiger partial charge in [0.2, 0.25) is 0 Å². The first-order valence-corrected chi connectivity index (χ1v) is 6.94. The Hall–Kier alpha value is -1.51. The first kappa shape index (κ1) is 13.9. The van der Waals surface area contributed by atoms with Gasteiger partial charge in [0, 0.05) is 0 Å². The molecular weight excluding hydrogens is 240 g/mol. The van der Waals surface area contributed by atoms with Gasteiger partial charge < -0.3 is 9.84 Å². The van der Waals surface area contributed by atoms with Crippen molar-refractivity contribution in [2.45, 2.75) is 39.0 Å². The summed E-state index contributed by atoms with van der Waals surface area (Å²) in [4.78, 5) is 11.4. The molecule has 0 spiro atoms. The first-order valence-electron chi connectivity index (χ1n) is 6.94. The largest absolute Gasteiger partial charge is 0.508 e. The Morgan fingerprint density at radius 1 is 1.53 bits per heavy atom. The Morgan fingerprint density at radius 2 is 2.26 bits per heavy atom. The SMILES string of the molecule is CCC(CC1CC1C(=O)OC)c1ccc(O)cc1C. The van der Waals surface area contributed by atoms with Gasteiger partial charge in [-0.25, -0.2) is 0 Å². The summed E-state index contributed by atoms with van der Waals surface area (Å²) in [5, 5.41) is 9.47. The summed E-state index contributed by atoms with van der Waals surface area (Å²) in [5.41, 5.74) is 2.41. The Kier molecular flexibility index (Phi) is 4.13. The maximum Gasteiger partial charge on any atom is 0.308 e. The maximum absolute atomic E-state index is 11.4. The molecule has 1 saturated carbocycles. The van der Waals surface area contributed by atoms with Gasteiger partial charge in [0.25, 0.3) is 0 Å². The number of phenols is 1. The third-order valence-corrected chi connectivity index (χ3v) is 4.20. The maximum atomic E-state index is 11.4. The molecule has 0 saturated heterocycles. The molecule has 0 amide bonds. The highest BCUT2D eigenvalue weighted by atomic mass is 16.5. The van der Waals surface area contributed by atoms with Crippen LogP contribution in [0.1, 0.15) is 43.2 Å². The molecule has 0 aliphatic heterocycles. The van der Waals surface area contributed by atoms with Crippen molar-refractivity contribution < 1.29 is 14.6 Å². The van der Waals surface area contributed by atoms with Crippen molar-refractivity contribution in [2.24, 2.45) is 11.8 Å². The van der Waals surface area contributed by atoms with Crippen LogP contribution < -0.4 is 0 Å². The smallest absolute Gasteiger partial charge is 0.308 e. The molecule has 2 rings (SSSR count). The molecule has 0 bridgehead atoms. The van der Waals surface area contributed by atoms with Gasteiger partial charge in [-0.3, -0.25) is 4.79 Å². The van der Waals surface area contributed by atoms with E-state index in [1.807, 2.05) is 19.1 Å². The zero-order valence-corrected chi connectivity index (χ0v) is 11.8. The zero-order chi connectivity index (χ0) is 14.0. The molecule has 1 N–H and O–H groups in total. The van der Waals surface area contributed by atoms with Crippen LogP contribution in [0.5, 0.6) is 5.75 Å². The molecular formula is C16H22O3. The van der Waals surface area contributed by atoms with Crippen LogP contribution in [0.2, 0.25) is 0 Å². The summed E-state index contributed by atoms with van der Waals surface area (Å²) in [6, 6.07) is 5.56. The van der Waals surface area contributed by atoms with Crippen LogP contribution in [-0.2, 0) is 9.53 Å². The molecule has 0 radical (unpaired) electrons. The number of esters is 1. The lowest BCUT2D eigenvalue weighted by atomic mass is 9.88. The van der Waals surface area contributed by atoms with Crippen molar-refractivity contribution in [3.63, 3.8) is 0 Å². The van der Waals surface area contributed by atoms with E-state index in [0.29, 0.717) is 17.6 Å². The van der Waals surface area contributed by atoms with E-state index in [0.717, 1.165) is 24.8 Å². The molecule has 1 aromatic carbocycles. The number of ether oxygens (including phenoxy) is 1. The van der Waals surface area contributed by atoms with Crippen LogP contribution in [0.15, 0.2) is 18.2 Å². The Balaban J connectivity index is 2.03. The van der Waals surface area contributed by atoms with Gasteiger partial charge in [0.1, 0.15) is 5.75 Å². The van der Waals surface area contributed by atoms with E-state index in [9.17, 15) is 9.90 Å². The summed E-state index contributed by atoms with van der Waals surface area (Å²) >= 11 is 0. The Bertz CT molecular complexity index is 467. The lowest BCUT2D eigenvalue weighted by Crippen LogP contribution is -2.07. The van der Waals surface area contributed by atoms with Gasteiger partial charge in [-0.1, -0.05) is 13.0 Å². The highest BCUT2D eigenvalue weighted by molar-refractivity contribution is 5.75. The monoisotopic (exact) mass is 262 g/mol. The van der Waals surface area contributed by atoms with Crippen LogP contribution in [0.4, 0.5) is 0 Å². The third-order valence-electron chi connectivity index (χ3n) is 4.20. The average Bonchev–Trinajstić information content (AvgIpc) is 3.15. The molecule has 0 aromatic heterocycles. The van der Waals surface area contributed by atoms with E-state index in [2.05, 4.69) is 6.92 Å². The fraction of sp³-hybridized carbons (Fsp3) is 0.562. The predicted molar refractivity (Wildman–Crippen MR) is 74.1 cm³/mol. The van der Waals surface area contributed by atoms with E-state index < -0.39 is 0 Å². The van der Waals surface area contributed by atoms with Crippen molar-refractivity contribution in [1.29, 1.82) is 0 Å². The number of aryl methyl sites for hydroxylation is 1. The Morgan fingerprint density at radius 3 is 2.84 bits per heavy atom. The van der Waals surface area contributed by atoms with E-state index in [1.54, 1.807) is 6.07 Å². The minimum absolute atomic E-state index is 0.0673. The zero-order valence-electron chi connectivity index (χ0n) is 11.8. The summed E-state index contributed by atoms with van der Waals surface area (Å²) in [5.74, 6) is 1.28. The minimum atomic E-state index is -0.0673.